The average Bonchev–Trinajstić information content (AvgIpc) is 2.75. The predicted molar refractivity (Wildman–Crippen MR) is 117 cm³/mol. The number of fused-ring (bicyclic) bond motifs is 1. The smallest absolute Gasteiger partial charge is 0.311 e. The molecule has 2 aromatic carbocycles. The summed E-state index contributed by atoms with van der Waals surface area (Å²) in [5.74, 6) is -0.609. The van der Waals surface area contributed by atoms with E-state index in [1.165, 1.54) is 11.3 Å². The van der Waals surface area contributed by atoms with Crippen LogP contribution in [0.4, 0.5) is 11.4 Å². The van der Waals surface area contributed by atoms with Gasteiger partial charge in [0.15, 0.2) is 0 Å². The summed E-state index contributed by atoms with van der Waals surface area (Å²) < 4.78 is 0. The highest BCUT2D eigenvalue weighted by Gasteiger charge is 2.52. The first kappa shape index (κ1) is 19.9. The fraction of sp³-hybridized carbons (Fsp3) is 0.458. The molecule has 0 aromatic heterocycles. The maximum Gasteiger partial charge on any atom is 0.311 e. The second-order valence-electron chi connectivity index (χ2n) is 8.61. The van der Waals surface area contributed by atoms with Crippen LogP contribution in [0, 0.1) is 5.41 Å². The second-order valence-corrected chi connectivity index (χ2v) is 8.61. The van der Waals surface area contributed by atoms with Crippen LogP contribution in [-0.4, -0.2) is 60.6 Å². The van der Waals surface area contributed by atoms with Gasteiger partial charge in [0.2, 0.25) is 0 Å². The minimum absolute atomic E-state index is 0.103. The van der Waals surface area contributed by atoms with Gasteiger partial charge < -0.3 is 14.9 Å². The Morgan fingerprint density at radius 2 is 1.76 bits per heavy atom. The van der Waals surface area contributed by atoms with E-state index in [0.717, 1.165) is 51.1 Å². The van der Waals surface area contributed by atoms with Crippen LogP contribution in [0.15, 0.2) is 54.6 Å². The van der Waals surface area contributed by atoms with E-state index in [9.17, 15) is 9.90 Å². The average molecular weight is 394 g/mol. The first-order valence-electron chi connectivity index (χ1n) is 10.5. The molecule has 2 fully saturated rings. The third-order valence-corrected chi connectivity index (χ3v) is 6.91. The quantitative estimate of drug-likeness (QED) is 0.837. The molecule has 0 spiro atoms. The molecule has 1 N–H and O–H groups in total. The molecule has 0 radical (unpaired) electrons. The Morgan fingerprint density at radius 1 is 1.07 bits per heavy atom. The molecule has 2 saturated heterocycles. The number of nitrogens with zero attached hydrogens (tertiary/aromatic N) is 3. The number of carbonyl (C=O) groups is 1. The van der Waals surface area contributed by atoms with Gasteiger partial charge in [-0.25, -0.2) is 0 Å². The number of carboxylic acids is 1. The van der Waals surface area contributed by atoms with Gasteiger partial charge in [0, 0.05) is 37.6 Å². The fourth-order valence-electron chi connectivity index (χ4n) is 5.07. The van der Waals surface area contributed by atoms with E-state index in [-0.39, 0.29) is 6.04 Å². The van der Waals surface area contributed by atoms with Gasteiger partial charge in [-0.2, -0.15) is 0 Å². The van der Waals surface area contributed by atoms with Gasteiger partial charge >= 0.3 is 5.97 Å². The van der Waals surface area contributed by atoms with Crippen molar-refractivity contribution in [1.82, 2.24) is 9.80 Å². The Labute approximate surface area is 173 Å². The standard InChI is InChI=1S/C24H31N3O2/c1-25-15-6-13-24(23(28)29)14-16-27(18-22(24)25)17-19-9-11-21(12-10-19)26(2)20-7-4-3-5-8-20/h3-5,7-12,22H,6,13-18H2,1-2H3,(H,28,29)/t22-,24+/m1/s1. The summed E-state index contributed by atoms with van der Waals surface area (Å²) in [6.07, 6.45) is 2.54. The van der Waals surface area contributed by atoms with Gasteiger partial charge in [-0.3, -0.25) is 9.69 Å². The van der Waals surface area contributed by atoms with Crippen LogP contribution in [0.1, 0.15) is 24.8 Å². The van der Waals surface area contributed by atoms with Crippen molar-refractivity contribution in [2.24, 2.45) is 5.41 Å². The normalized spacial score (nSPS) is 25.4. The van der Waals surface area contributed by atoms with Crippen molar-refractivity contribution in [2.75, 3.05) is 38.6 Å². The van der Waals surface area contributed by atoms with Crippen LogP contribution in [0.2, 0.25) is 0 Å². The summed E-state index contributed by atoms with van der Waals surface area (Å²) in [7, 11) is 4.17. The Kier molecular flexibility index (Phi) is 5.61. The van der Waals surface area contributed by atoms with Crippen molar-refractivity contribution in [3.63, 3.8) is 0 Å². The molecule has 0 amide bonds. The van der Waals surface area contributed by atoms with Crippen LogP contribution < -0.4 is 4.90 Å². The van der Waals surface area contributed by atoms with Crippen molar-refractivity contribution in [2.45, 2.75) is 31.8 Å². The third-order valence-electron chi connectivity index (χ3n) is 6.91. The zero-order valence-electron chi connectivity index (χ0n) is 17.4. The molecular formula is C24H31N3O2. The predicted octanol–water partition coefficient (Wildman–Crippen LogP) is 3.83. The lowest BCUT2D eigenvalue weighted by Crippen LogP contribution is -2.62. The first-order valence-corrected chi connectivity index (χ1v) is 10.5. The van der Waals surface area contributed by atoms with Crippen molar-refractivity contribution in [1.29, 1.82) is 0 Å². The molecule has 154 valence electrons. The number of benzene rings is 2. The minimum Gasteiger partial charge on any atom is -0.481 e. The summed E-state index contributed by atoms with van der Waals surface area (Å²) in [5, 5.41) is 9.94. The molecular weight excluding hydrogens is 362 g/mol. The van der Waals surface area contributed by atoms with Crippen molar-refractivity contribution in [3.8, 4) is 0 Å². The SMILES string of the molecule is CN(c1ccccc1)c1ccc(CN2CC[C@@]3(C(=O)O)CCCN(C)[C@@H]3C2)cc1. The van der Waals surface area contributed by atoms with Gasteiger partial charge in [0.1, 0.15) is 0 Å². The van der Waals surface area contributed by atoms with E-state index in [0.29, 0.717) is 0 Å². The second kappa shape index (κ2) is 8.17. The van der Waals surface area contributed by atoms with Gasteiger partial charge in [-0.15, -0.1) is 0 Å². The lowest BCUT2D eigenvalue weighted by molar-refractivity contribution is -0.162. The highest BCUT2D eigenvalue weighted by Crippen LogP contribution is 2.42. The van der Waals surface area contributed by atoms with E-state index < -0.39 is 11.4 Å². The molecule has 0 saturated carbocycles. The number of rotatable bonds is 5. The number of hydrogen-bond donors (Lipinski definition) is 1. The summed E-state index contributed by atoms with van der Waals surface area (Å²) >= 11 is 0. The topological polar surface area (TPSA) is 47.0 Å². The molecule has 5 heteroatoms. The van der Waals surface area contributed by atoms with Crippen LogP contribution in [0.25, 0.3) is 0 Å². The Balaban J connectivity index is 1.43. The van der Waals surface area contributed by atoms with E-state index in [1.54, 1.807) is 0 Å². The summed E-state index contributed by atoms with van der Waals surface area (Å²) in [6, 6.07) is 19.2. The van der Waals surface area contributed by atoms with E-state index in [4.69, 9.17) is 0 Å². The fourth-order valence-corrected chi connectivity index (χ4v) is 5.07. The largest absolute Gasteiger partial charge is 0.481 e. The van der Waals surface area contributed by atoms with Gasteiger partial charge in [0.25, 0.3) is 0 Å². The number of piperidine rings is 2. The number of likely N-dealkylation sites (N-methyl/N-ethyl adjacent to an activating group) is 1. The molecule has 5 nitrogen and oxygen atoms in total. The monoisotopic (exact) mass is 393 g/mol. The number of carboxylic acid groups (broad SMARTS) is 1. The Hall–Kier alpha value is -2.37. The van der Waals surface area contributed by atoms with Crippen LogP contribution >= 0.6 is 0 Å². The maximum absolute atomic E-state index is 12.1. The number of likely N-dealkylation sites (tertiary alicyclic amines) is 2. The number of aliphatic carboxylic acids is 1. The molecule has 2 atom stereocenters. The Morgan fingerprint density at radius 3 is 2.45 bits per heavy atom. The molecule has 2 aliphatic heterocycles. The van der Waals surface area contributed by atoms with Crippen molar-refractivity contribution < 1.29 is 9.90 Å². The highest BCUT2D eigenvalue weighted by atomic mass is 16.4. The molecule has 2 aliphatic rings. The lowest BCUT2D eigenvalue weighted by Gasteiger charge is -2.51. The third kappa shape index (κ3) is 3.89. The molecule has 0 aliphatic carbocycles. The zero-order valence-corrected chi connectivity index (χ0v) is 17.4. The van der Waals surface area contributed by atoms with Crippen LogP contribution in [0.5, 0.6) is 0 Å². The lowest BCUT2D eigenvalue weighted by atomic mass is 9.68. The molecule has 0 bridgehead atoms. The van der Waals surface area contributed by atoms with E-state index >= 15 is 0 Å². The molecule has 4 rings (SSSR count). The molecule has 29 heavy (non-hydrogen) atoms. The van der Waals surface area contributed by atoms with Crippen LogP contribution in [-0.2, 0) is 11.3 Å². The first-order chi connectivity index (χ1) is 14.0. The zero-order chi connectivity index (χ0) is 20.4. The summed E-state index contributed by atoms with van der Waals surface area (Å²) in [6.45, 7) is 3.54. The minimum atomic E-state index is -0.609. The van der Waals surface area contributed by atoms with Crippen molar-refractivity contribution >= 4 is 17.3 Å². The number of anilines is 2. The van der Waals surface area contributed by atoms with Gasteiger partial charge in [-0.1, -0.05) is 30.3 Å². The van der Waals surface area contributed by atoms with Crippen LogP contribution in [0.3, 0.4) is 0 Å². The maximum atomic E-state index is 12.1. The summed E-state index contributed by atoms with van der Waals surface area (Å²) in [4.78, 5) is 19.0. The highest BCUT2D eigenvalue weighted by molar-refractivity contribution is 5.76. The van der Waals surface area contributed by atoms with Crippen molar-refractivity contribution in [3.05, 3.63) is 60.2 Å². The van der Waals surface area contributed by atoms with E-state index in [2.05, 4.69) is 77.3 Å². The molecule has 0 unspecified atom stereocenters. The molecule has 2 heterocycles. The molecule has 2 aromatic rings. The van der Waals surface area contributed by atoms with E-state index in [1.807, 2.05) is 6.07 Å². The van der Waals surface area contributed by atoms with Gasteiger partial charge in [0.05, 0.1) is 5.41 Å². The Bertz CT molecular complexity index is 839. The summed E-state index contributed by atoms with van der Waals surface area (Å²) in [5.41, 5.74) is 3.04. The number of hydrogen-bond acceptors (Lipinski definition) is 4. The number of para-hydroxylation sites is 1. The van der Waals surface area contributed by atoms with Gasteiger partial charge in [-0.05, 0) is 69.2 Å².